The maximum Gasteiger partial charge on any atom is 0.341 e. The van der Waals surface area contributed by atoms with Gasteiger partial charge in [0.2, 0.25) is 5.43 Å². The summed E-state index contributed by atoms with van der Waals surface area (Å²) in [5.41, 5.74) is -1.19. The van der Waals surface area contributed by atoms with Crippen molar-refractivity contribution in [1.82, 2.24) is 14.5 Å². The zero-order valence-electron chi connectivity index (χ0n) is 14.2. The molecule has 0 amide bonds. The normalized spacial score (nSPS) is 23.4. The van der Waals surface area contributed by atoms with E-state index in [0.29, 0.717) is 13.1 Å². The van der Waals surface area contributed by atoms with Crippen molar-refractivity contribution in [3.8, 4) is 0 Å². The van der Waals surface area contributed by atoms with Crippen LogP contribution >= 0.6 is 0 Å². The highest BCUT2D eigenvalue weighted by atomic mass is 19.1. The van der Waals surface area contributed by atoms with Gasteiger partial charge in [-0.15, -0.1) is 0 Å². The van der Waals surface area contributed by atoms with Crippen LogP contribution < -0.4 is 10.3 Å². The van der Waals surface area contributed by atoms with Crippen molar-refractivity contribution >= 4 is 22.8 Å². The fraction of sp³-hybridized carbons (Fsp3) is 0.471. The Balaban J connectivity index is 1.90. The van der Waals surface area contributed by atoms with E-state index >= 15 is 0 Å². The molecule has 4 rings (SSSR count). The Morgan fingerprint density at radius 1 is 1.31 bits per heavy atom. The molecule has 1 N–H and O–H groups in total. The molecule has 26 heavy (non-hydrogen) atoms. The molecule has 2 aromatic rings. The summed E-state index contributed by atoms with van der Waals surface area (Å²) in [6.07, 6.45) is 0.219. The molecule has 2 fully saturated rings. The Labute approximate surface area is 147 Å². The molecule has 3 heterocycles. The van der Waals surface area contributed by atoms with Gasteiger partial charge in [0.1, 0.15) is 17.4 Å². The minimum Gasteiger partial charge on any atom is -0.477 e. The number of piperazine rings is 1. The maximum absolute atomic E-state index is 14.7. The number of carboxylic acid groups (broad SMARTS) is 1. The summed E-state index contributed by atoms with van der Waals surface area (Å²) in [4.78, 5) is 32.0. The van der Waals surface area contributed by atoms with Gasteiger partial charge in [-0.25, -0.2) is 18.6 Å². The SMILES string of the molecule is CN1CCN(c2nc3c(cc2F)c(=O)c(C(=O)O)cn3[C@H]2C[C@H]2F)CC1. The van der Waals surface area contributed by atoms with Crippen molar-refractivity contribution in [3.05, 3.63) is 33.9 Å². The van der Waals surface area contributed by atoms with Gasteiger partial charge in [-0.1, -0.05) is 0 Å². The average molecular weight is 364 g/mol. The van der Waals surface area contributed by atoms with Crippen LogP contribution in [0.3, 0.4) is 0 Å². The van der Waals surface area contributed by atoms with Gasteiger partial charge in [0.15, 0.2) is 11.6 Å². The standard InChI is InChI=1S/C17H18F2N4O3/c1-21-2-4-22(5-3-21)16-12(19)6-9-14(24)10(17(25)26)8-23(15(9)20-16)13-7-11(13)18/h6,8,11,13H,2-5,7H2,1H3,(H,25,26)/t11-,13+/m1/s1. The topological polar surface area (TPSA) is 78.7 Å². The number of carboxylic acids is 1. The number of nitrogens with zero attached hydrogens (tertiary/aromatic N) is 4. The van der Waals surface area contributed by atoms with Crippen molar-refractivity contribution in [1.29, 1.82) is 0 Å². The van der Waals surface area contributed by atoms with Crippen LogP contribution in [0.1, 0.15) is 22.8 Å². The van der Waals surface area contributed by atoms with E-state index in [2.05, 4.69) is 9.88 Å². The van der Waals surface area contributed by atoms with E-state index in [9.17, 15) is 23.5 Å². The number of aromatic carboxylic acids is 1. The smallest absolute Gasteiger partial charge is 0.341 e. The molecule has 0 bridgehead atoms. The molecule has 1 aliphatic carbocycles. The number of likely N-dealkylation sites (N-methyl/N-ethyl adjacent to an activating group) is 1. The number of alkyl halides is 1. The first-order valence-corrected chi connectivity index (χ1v) is 8.43. The summed E-state index contributed by atoms with van der Waals surface area (Å²) in [5, 5.41) is 9.10. The predicted molar refractivity (Wildman–Crippen MR) is 91.2 cm³/mol. The third-order valence-corrected chi connectivity index (χ3v) is 5.01. The van der Waals surface area contributed by atoms with E-state index in [1.165, 1.54) is 4.57 Å². The molecular weight excluding hydrogens is 346 g/mol. The number of fused-ring (bicyclic) bond motifs is 1. The Morgan fingerprint density at radius 3 is 2.54 bits per heavy atom. The lowest BCUT2D eigenvalue weighted by atomic mass is 10.1. The molecule has 9 heteroatoms. The molecule has 1 saturated carbocycles. The van der Waals surface area contributed by atoms with Crippen LogP contribution in [0.5, 0.6) is 0 Å². The minimum absolute atomic E-state index is 0.109. The van der Waals surface area contributed by atoms with Crippen LogP contribution in [0.4, 0.5) is 14.6 Å². The molecule has 2 aromatic heterocycles. The second-order valence-electron chi connectivity index (χ2n) is 6.86. The first-order valence-electron chi connectivity index (χ1n) is 8.43. The fourth-order valence-electron chi connectivity index (χ4n) is 3.32. The third kappa shape index (κ3) is 2.72. The van der Waals surface area contributed by atoms with Crippen molar-refractivity contribution in [2.45, 2.75) is 18.6 Å². The highest BCUT2D eigenvalue weighted by Gasteiger charge is 2.40. The largest absolute Gasteiger partial charge is 0.477 e. The summed E-state index contributed by atoms with van der Waals surface area (Å²) in [7, 11) is 1.97. The number of pyridine rings is 2. The second-order valence-corrected chi connectivity index (χ2v) is 6.86. The number of carbonyl (C=O) groups is 1. The molecular formula is C17H18F2N4O3. The summed E-state index contributed by atoms with van der Waals surface area (Å²) >= 11 is 0. The minimum atomic E-state index is -1.43. The molecule has 7 nitrogen and oxygen atoms in total. The zero-order valence-corrected chi connectivity index (χ0v) is 14.2. The molecule has 2 aliphatic rings. The molecule has 2 atom stereocenters. The predicted octanol–water partition coefficient (Wildman–Crippen LogP) is 1.27. The number of halogens is 2. The van der Waals surface area contributed by atoms with Crippen molar-refractivity contribution in [3.63, 3.8) is 0 Å². The Morgan fingerprint density at radius 2 is 1.96 bits per heavy atom. The highest BCUT2D eigenvalue weighted by Crippen LogP contribution is 2.40. The van der Waals surface area contributed by atoms with Gasteiger partial charge >= 0.3 is 5.97 Å². The van der Waals surface area contributed by atoms with Gasteiger partial charge in [-0.05, 0) is 13.1 Å². The van der Waals surface area contributed by atoms with Crippen molar-refractivity contribution in [2.24, 2.45) is 0 Å². The van der Waals surface area contributed by atoms with Crippen LogP contribution in [0.2, 0.25) is 0 Å². The van der Waals surface area contributed by atoms with E-state index in [1.807, 2.05) is 7.05 Å². The highest BCUT2D eigenvalue weighted by molar-refractivity contribution is 5.92. The first-order chi connectivity index (χ1) is 12.4. The van der Waals surface area contributed by atoms with Crippen LogP contribution in [-0.2, 0) is 0 Å². The van der Waals surface area contributed by atoms with Gasteiger partial charge in [0.05, 0.1) is 11.4 Å². The summed E-state index contributed by atoms with van der Waals surface area (Å²) < 4.78 is 29.7. The van der Waals surface area contributed by atoms with Crippen LogP contribution in [0.25, 0.3) is 11.0 Å². The number of hydrogen-bond donors (Lipinski definition) is 1. The lowest BCUT2D eigenvalue weighted by Gasteiger charge is -2.33. The molecule has 1 saturated heterocycles. The lowest BCUT2D eigenvalue weighted by Crippen LogP contribution is -2.45. The molecule has 0 aromatic carbocycles. The second kappa shape index (κ2) is 6.01. The van der Waals surface area contributed by atoms with Crippen LogP contribution in [0.15, 0.2) is 17.1 Å². The van der Waals surface area contributed by atoms with E-state index in [0.717, 1.165) is 25.4 Å². The quantitative estimate of drug-likeness (QED) is 0.884. The molecule has 0 spiro atoms. The molecule has 0 unspecified atom stereocenters. The van der Waals surface area contributed by atoms with E-state index in [-0.39, 0.29) is 23.3 Å². The van der Waals surface area contributed by atoms with Gasteiger partial charge in [0.25, 0.3) is 0 Å². The van der Waals surface area contributed by atoms with Crippen LogP contribution in [-0.4, -0.2) is 64.9 Å². The number of hydrogen-bond acceptors (Lipinski definition) is 5. The fourth-order valence-corrected chi connectivity index (χ4v) is 3.32. The summed E-state index contributed by atoms with van der Waals surface area (Å²) in [6.45, 7) is 2.66. The van der Waals surface area contributed by atoms with Crippen molar-refractivity contribution in [2.75, 3.05) is 38.1 Å². The number of rotatable bonds is 3. The van der Waals surface area contributed by atoms with Gasteiger partial charge in [0, 0.05) is 38.8 Å². The third-order valence-electron chi connectivity index (χ3n) is 5.01. The van der Waals surface area contributed by atoms with Gasteiger partial charge in [-0.3, -0.25) is 4.79 Å². The van der Waals surface area contributed by atoms with Crippen molar-refractivity contribution < 1.29 is 18.7 Å². The summed E-state index contributed by atoms with van der Waals surface area (Å²) in [6, 6.07) is 0.450. The van der Waals surface area contributed by atoms with Gasteiger partial charge in [-0.2, -0.15) is 0 Å². The average Bonchev–Trinajstić information content (AvgIpc) is 3.32. The molecule has 138 valence electrons. The maximum atomic E-state index is 14.7. The first kappa shape index (κ1) is 16.9. The van der Waals surface area contributed by atoms with E-state index in [1.54, 1.807) is 4.90 Å². The monoisotopic (exact) mass is 364 g/mol. The number of anilines is 1. The molecule has 1 aliphatic heterocycles. The molecule has 0 radical (unpaired) electrons. The zero-order chi connectivity index (χ0) is 18.6. The Hall–Kier alpha value is -2.55. The van der Waals surface area contributed by atoms with E-state index < -0.39 is 35.0 Å². The number of aromatic nitrogens is 2. The Kier molecular flexibility index (Phi) is 3.91. The lowest BCUT2D eigenvalue weighted by molar-refractivity contribution is 0.0694. The van der Waals surface area contributed by atoms with Gasteiger partial charge < -0.3 is 19.5 Å². The van der Waals surface area contributed by atoms with Crippen LogP contribution in [0, 0.1) is 5.82 Å². The Bertz CT molecular complexity index is 953. The van der Waals surface area contributed by atoms with E-state index in [4.69, 9.17) is 0 Å². The summed E-state index contributed by atoms with van der Waals surface area (Å²) in [5.74, 6) is -2.00.